The third kappa shape index (κ3) is 3.77. The number of nitrogens with one attached hydrogen (secondary N) is 1. The van der Waals surface area contributed by atoms with Gasteiger partial charge in [0.2, 0.25) is 5.91 Å². The van der Waals surface area contributed by atoms with Crippen LogP contribution in [0.5, 0.6) is 0 Å². The molecular weight excluding hydrogens is 370 g/mol. The van der Waals surface area contributed by atoms with Gasteiger partial charge in [0.15, 0.2) is 0 Å². The normalized spacial score (nSPS) is 25.5. The van der Waals surface area contributed by atoms with Crippen LogP contribution in [0, 0.1) is 6.92 Å². The van der Waals surface area contributed by atoms with Gasteiger partial charge in [-0.15, -0.1) is 23.7 Å². The number of hydrogen-bond acceptors (Lipinski definition) is 5. The van der Waals surface area contributed by atoms with Gasteiger partial charge in [-0.1, -0.05) is 0 Å². The van der Waals surface area contributed by atoms with E-state index in [1.165, 1.54) is 15.6 Å². The average Bonchev–Trinajstić information content (AvgIpc) is 3.15. The first-order valence-corrected chi connectivity index (χ1v) is 10.3. The number of piperazine rings is 1. The SMILES string of the molecule is Cc1ccc(S(=O)(=O)N2CCCC2C(=O)N2CCNC(C)C2)s1.Cl. The van der Waals surface area contributed by atoms with Crippen molar-refractivity contribution in [2.24, 2.45) is 0 Å². The summed E-state index contributed by atoms with van der Waals surface area (Å²) in [5, 5.41) is 3.30. The first kappa shape index (κ1) is 19.7. The highest BCUT2D eigenvalue weighted by atomic mass is 35.5. The number of rotatable bonds is 3. The summed E-state index contributed by atoms with van der Waals surface area (Å²) in [6, 6.07) is 3.15. The van der Waals surface area contributed by atoms with Crippen LogP contribution < -0.4 is 5.32 Å². The molecule has 2 aliphatic rings. The number of nitrogens with zero attached hydrogens (tertiary/aromatic N) is 2. The molecule has 2 aliphatic heterocycles. The molecule has 2 unspecified atom stereocenters. The molecule has 2 fully saturated rings. The van der Waals surface area contributed by atoms with Crippen LogP contribution in [0.1, 0.15) is 24.6 Å². The zero-order chi connectivity index (χ0) is 16.6. The maximum atomic E-state index is 12.9. The Kier molecular flexibility index (Phi) is 6.30. The van der Waals surface area contributed by atoms with Gasteiger partial charge in [0.1, 0.15) is 10.3 Å². The quantitative estimate of drug-likeness (QED) is 0.843. The van der Waals surface area contributed by atoms with E-state index in [-0.39, 0.29) is 24.4 Å². The third-order valence-corrected chi connectivity index (χ3v) is 7.82. The van der Waals surface area contributed by atoms with E-state index in [0.717, 1.165) is 17.8 Å². The number of aryl methyl sites for hydroxylation is 1. The average molecular weight is 394 g/mol. The minimum Gasteiger partial charge on any atom is -0.338 e. The molecule has 2 atom stereocenters. The molecule has 3 heterocycles. The second-order valence-electron chi connectivity index (χ2n) is 6.28. The summed E-state index contributed by atoms with van der Waals surface area (Å²) in [5.74, 6) is -0.0484. The Morgan fingerprint density at radius 3 is 2.71 bits per heavy atom. The largest absolute Gasteiger partial charge is 0.338 e. The van der Waals surface area contributed by atoms with Gasteiger partial charge in [-0.05, 0) is 38.8 Å². The molecule has 2 saturated heterocycles. The van der Waals surface area contributed by atoms with Gasteiger partial charge in [0, 0.05) is 37.1 Å². The minimum absolute atomic E-state index is 0. The van der Waals surface area contributed by atoms with Gasteiger partial charge in [0.25, 0.3) is 10.0 Å². The lowest BCUT2D eigenvalue weighted by atomic mass is 10.1. The monoisotopic (exact) mass is 393 g/mol. The smallest absolute Gasteiger partial charge is 0.253 e. The van der Waals surface area contributed by atoms with Crippen molar-refractivity contribution in [1.29, 1.82) is 0 Å². The highest BCUT2D eigenvalue weighted by molar-refractivity contribution is 7.91. The number of hydrogen-bond donors (Lipinski definition) is 1. The molecule has 0 spiro atoms. The molecule has 0 aliphatic carbocycles. The van der Waals surface area contributed by atoms with E-state index in [9.17, 15) is 13.2 Å². The maximum absolute atomic E-state index is 12.9. The van der Waals surface area contributed by atoms with Crippen LogP contribution in [0.25, 0.3) is 0 Å². The Hall–Kier alpha value is -0.670. The van der Waals surface area contributed by atoms with Gasteiger partial charge in [-0.3, -0.25) is 4.79 Å². The van der Waals surface area contributed by atoms with Gasteiger partial charge in [-0.25, -0.2) is 8.42 Å². The number of sulfonamides is 1. The first-order valence-electron chi connectivity index (χ1n) is 8.00. The number of amides is 1. The zero-order valence-corrected chi connectivity index (χ0v) is 16.3. The van der Waals surface area contributed by atoms with Crippen molar-refractivity contribution in [2.45, 2.75) is 43.0 Å². The molecular formula is C15H24ClN3O3S2. The predicted octanol–water partition coefficient (Wildman–Crippen LogP) is 1.45. The highest BCUT2D eigenvalue weighted by Gasteiger charge is 2.42. The Morgan fingerprint density at radius 2 is 2.08 bits per heavy atom. The topological polar surface area (TPSA) is 69.7 Å². The van der Waals surface area contributed by atoms with Crippen molar-refractivity contribution in [3.05, 3.63) is 17.0 Å². The van der Waals surface area contributed by atoms with Crippen molar-refractivity contribution in [3.63, 3.8) is 0 Å². The molecule has 1 aromatic rings. The molecule has 1 amide bonds. The van der Waals surface area contributed by atoms with Gasteiger partial charge in [0.05, 0.1) is 0 Å². The van der Waals surface area contributed by atoms with Crippen LogP contribution in [0.3, 0.4) is 0 Å². The van der Waals surface area contributed by atoms with Crippen molar-refractivity contribution in [1.82, 2.24) is 14.5 Å². The lowest BCUT2D eigenvalue weighted by Gasteiger charge is -2.35. The molecule has 1 aromatic heterocycles. The molecule has 1 N–H and O–H groups in total. The minimum atomic E-state index is -3.58. The standard InChI is InChI=1S/C15H23N3O3S2.ClH/c1-11-10-17(9-7-16-11)15(19)13-4-3-8-18(13)23(20,21)14-6-5-12(2)22-14;/h5-6,11,13,16H,3-4,7-10H2,1-2H3;1H. The fourth-order valence-electron chi connectivity index (χ4n) is 3.28. The van der Waals surface area contributed by atoms with E-state index >= 15 is 0 Å². The second kappa shape index (κ2) is 7.70. The first-order chi connectivity index (χ1) is 10.9. The van der Waals surface area contributed by atoms with Crippen LogP contribution in [0.15, 0.2) is 16.3 Å². The molecule has 0 saturated carbocycles. The van der Waals surface area contributed by atoms with Gasteiger partial charge >= 0.3 is 0 Å². The molecule has 0 aromatic carbocycles. The third-order valence-electron chi connectivity index (χ3n) is 4.45. The lowest BCUT2D eigenvalue weighted by Crippen LogP contribution is -2.56. The van der Waals surface area contributed by atoms with Gasteiger partial charge in [-0.2, -0.15) is 4.31 Å². The van der Waals surface area contributed by atoms with Crippen LogP contribution in [0.4, 0.5) is 0 Å². The summed E-state index contributed by atoms with van der Waals surface area (Å²) in [6.45, 7) is 6.40. The Bertz CT molecular complexity index is 692. The van der Waals surface area contributed by atoms with Crippen LogP contribution in [-0.4, -0.2) is 61.8 Å². The Balaban J connectivity index is 0.00000208. The molecule has 0 bridgehead atoms. The van der Waals surface area contributed by atoms with Crippen LogP contribution >= 0.6 is 23.7 Å². The summed E-state index contributed by atoms with van der Waals surface area (Å²) >= 11 is 1.27. The van der Waals surface area contributed by atoms with E-state index in [0.29, 0.717) is 30.3 Å². The fourth-order valence-corrected chi connectivity index (χ4v) is 6.35. The van der Waals surface area contributed by atoms with Crippen LogP contribution in [0.2, 0.25) is 0 Å². The Labute approximate surface area is 153 Å². The van der Waals surface area contributed by atoms with E-state index in [1.807, 2.05) is 19.9 Å². The highest BCUT2D eigenvalue weighted by Crippen LogP contribution is 2.31. The molecule has 136 valence electrons. The second-order valence-corrected chi connectivity index (χ2v) is 9.68. The summed E-state index contributed by atoms with van der Waals surface area (Å²) in [4.78, 5) is 15.6. The van der Waals surface area contributed by atoms with Crippen molar-refractivity contribution >= 4 is 39.7 Å². The molecule has 3 rings (SSSR count). The van der Waals surface area contributed by atoms with E-state index in [2.05, 4.69) is 5.32 Å². The van der Waals surface area contributed by atoms with E-state index < -0.39 is 16.1 Å². The van der Waals surface area contributed by atoms with Crippen molar-refractivity contribution in [3.8, 4) is 0 Å². The summed E-state index contributed by atoms with van der Waals surface area (Å²) in [7, 11) is -3.58. The Morgan fingerprint density at radius 1 is 1.33 bits per heavy atom. The van der Waals surface area contributed by atoms with E-state index in [1.54, 1.807) is 11.0 Å². The predicted molar refractivity (Wildman–Crippen MR) is 97.3 cm³/mol. The summed E-state index contributed by atoms with van der Waals surface area (Å²) in [6.07, 6.45) is 1.35. The number of halogens is 1. The molecule has 24 heavy (non-hydrogen) atoms. The van der Waals surface area contributed by atoms with Crippen molar-refractivity contribution < 1.29 is 13.2 Å². The number of thiophene rings is 1. The zero-order valence-electron chi connectivity index (χ0n) is 13.9. The lowest BCUT2D eigenvalue weighted by molar-refractivity contribution is -0.135. The van der Waals surface area contributed by atoms with E-state index in [4.69, 9.17) is 0 Å². The summed E-state index contributed by atoms with van der Waals surface area (Å²) in [5.41, 5.74) is 0. The molecule has 6 nitrogen and oxygen atoms in total. The number of carbonyl (C=O) groups is 1. The maximum Gasteiger partial charge on any atom is 0.253 e. The van der Waals surface area contributed by atoms with Gasteiger partial charge < -0.3 is 10.2 Å². The number of carbonyl (C=O) groups excluding carboxylic acids is 1. The fraction of sp³-hybridized carbons (Fsp3) is 0.667. The molecule has 9 heteroatoms. The van der Waals surface area contributed by atoms with Crippen LogP contribution in [-0.2, 0) is 14.8 Å². The summed E-state index contributed by atoms with van der Waals surface area (Å²) < 4.78 is 27.5. The van der Waals surface area contributed by atoms with Crippen molar-refractivity contribution in [2.75, 3.05) is 26.2 Å². The molecule has 0 radical (unpaired) electrons.